The first-order chi connectivity index (χ1) is 7.85. The van der Waals surface area contributed by atoms with Gasteiger partial charge in [0.05, 0.1) is 6.10 Å². The van der Waals surface area contributed by atoms with E-state index in [1.807, 2.05) is 7.11 Å². The van der Waals surface area contributed by atoms with Crippen LogP contribution in [0.2, 0.25) is 0 Å². The van der Waals surface area contributed by atoms with Crippen molar-refractivity contribution >= 4 is 0 Å². The van der Waals surface area contributed by atoms with Crippen LogP contribution in [0, 0.1) is 0 Å². The molecule has 90 valence electrons. The molecule has 0 aromatic carbocycles. The minimum absolute atomic E-state index is 0.475. The zero-order valence-electron chi connectivity index (χ0n) is 10.7. The number of allylic oxidation sites excluding steroid dienone is 3. The zero-order chi connectivity index (χ0) is 11.4. The highest BCUT2D eigenvalue weighted by Gasteiger charge is 2.22. The van der Waals surface area contributed by atoms with Crippen molar-refractivity contribution in [1.82, 2.24) is 0 Å². The first kappa shape index (κ1) is 11.9. The van der Waals surface area contributed by atoms with Crippen molar-refractivity contribution in [2.45, 2.75) is 64.4 Å². The average molecular weight is 220 g/mol. The van der Waals surface area contributed by atoms with Gasteiger partial charge in [-0.3, -0.25) is 0 Å². The van der Waals surface area contributed by atoms with Gasteiger partial charge in [-0.05, 0) is 62.5 Å². The van der Waals surface area contributed by atoms with Crippen molar-refractivity contribution in [1.29, 1.82) is 0 Å². The molecule has 1 nitrogen and oxygen atoms in total. The summed E-state index contributed by atoms with van der Waals surface area (Å²) in [5, 5.41) is 0. The summed E-state index contributed by atoms with van der Waals surface area (Å²) in [6.07, 6.45) is 13.2. The molecular formula is C15H24O. The maximum atomic E-state index is 5.51. The van der Waals surface area contributed by atoms with Gasteiger partial charge in [-0.15, -0.1) is 0 Å². The number of hydrogen-bond donors (Lipinski definition) is 0. The van der Waals surface area contributed by atoms with Gasteiger partial charge in [0.1, 0.15) is 0 Å². The van der Waals surface area contributed by atoms with Crippen molar-refractivity contribution in [3.8, 4) is 0 Å². The molecule has 16 heavy (non-hydrogen) atoms. The van der Waals surface area contributed by atoms with E-state index in [4.69, 9.17) is 4.74 Å². The van der Waals surface area contributed by atoms with Crippen molar-refractivity contribution in [3.63, 3.8) is 0 Å². The lowest BCUT2D eigenvalue weighted by Crippen LogP contribution is -2.18. The lowest BCUT2D eigenvalue weighted by atomic mass is 9.81. The molecule has 0 fully saturated rings. The van der Waals surface area contributed by atoms with Crippen LogP contribution in [0.5, 0.6) is 0 Å². The second-order valence-corrected chi connectivity index (χ2v) is 5.01. The molecule has 2 rings (SSSR count). The Labute approximate surface area is 99.6 Å². The second-order valence-electron chi connectivity index (χ2n) is 5.01. The summed E-state index contributed by atoms with van der Waals surface area (Å²) in [5.41, 5.74) is 5.01. The van der Waals surface area contributed by atoms with E-state index in [1.165, 1.54) is 51.4 Å². The van der Waals surface area contributed by atoms with Gasteiger partial charge in [-0.2, -0.15) is 0 Å². The number of methoxy groups -OCH3 is 1. The Kier molecular flexibility index (Phi) is 4.22. The molecule has 0 spiro atoms. The molecule has 0 radical (unpaired) electrons. The number of ether oxygens (including phenoxy) is 1. The van der Waals surface area contributed by atoms with Crippen LogP contribution in [0.4, 0.5) is 0 Å². The van der Waals surface area contributed by atoms with E-state index in [-0.39, 0.29) is 0 Å². The predicted octanol–water partition coefficient (Wildman–Crippen LogP) is 4.39. The topological polar surface area (TPSA) is 9.23 Å². The predicted molar refractivity (Wildman–Crippen MR) is 68.5 cm³/mol. The Hall–Kier alpha value is -0.560. The van der Waals surface area contributed by atoms with Crippen LogP contribution in [0.15, 0.2) is 22.8 Å². The summed E-state index contributed by atoms with van der Waals surface area (Å²) in [5.74, 6) is 0. The van der Waals surface area contributed by atoms with Crippen LogP contribution >= 0.6 is 0 Å². The Bertz CT molecular complexity index is 299. The molecule has 0 bridgehead atoms. The summed E-state index contributed by atoms with van der Waals surface area (Å²) in [6.45, 7) is 2.29. The van der Waals surface area contributed by atoms with Gasteiger partial charge in [-0.1, -0.05) is 18.6 Å². The Morgan fingerprint density at radius 1 is 1.31 bits per heavy atom. The molecule has 1 atom stereocenters. The fourth-order valence-corrected chi connectivity index (χ4v) is 3.04. The summed E-state index contributed by atoms with van der Waals surface area (Å²) >= 11 is 0. The summed E-state index contributed by atoms with van der Waals surface area (Å²) in [4.78, 5) is 0. The fraction of sp³-hybridized carbons (Fsp3) is 0.733. The highest BCUT2D eigenvalue weighted by molar-refractivity contribution is 5.38. The molecular weight excluding hydrogens is 196 g/mol. The Balaban J connectivity index is 2.16. The van der Waals surface area contributed by atoms with Gasteiger partial charge in [0.15, 0.2) is 0 Å². The van der Waals surface area contributed by atoms with Gasteiger partial charge in [0.25, 0.3) is 0 Å². The van der Waals surface area contributed by atoms with Crippen LogP contribution in [-0.2, 0) is 4.74 Å². The van der Waals surface area contributed by atoms with Crippen molar-refractivity contribution < 1.29 is 4.74 Å². The van der Waals surface area contributed by atoms with E-state index >= 15 is 0 Å². The second kappa shape index (κ2) is 5.67. The monoisotopic (exact) mass is 220 g/mol. The zero-order valence-corrected chi connectivity index (χ0v) is 10.7. The fourth-order valence-electron chi connectivity index (χ4n) is 3.04. The van der Waals surface area contributed by atoms with Gasteiger partial charge >= 0.3 is 0 Å². The third kappa shape index (κ3) is 2.57. The molecule has 0 heterocycles. The SMILES string of the molecule is CCC1=C(C2=CCCCC2)CCC(OC)C1. The average Bonchev–Trinajstić information content (AvgIpc) is 2.39. The molecule has 1 heteroatoms. The van der Waals surface area contributed by atoms with Crippen LogP contribution < -0.4 is 0 Å². The van der Waals surface area contributed by atoms with E-state index in [9.17, 15) is 0 Å². The van der Waals surface area contributed by atoms with Crippen molar-refractivity contribution in [2.24, 2.45) is 0 Å². The maximum Gasteiger partial charge on any atom is 0.0611 e. The van der Waals surface area contributed by atoms with Gasteiger partial charge in [0.2, 0.25) is 0 Å². The quantitative estimate of drug-likeness (QED) is 0.685. The van der Waals surface area contributed by atoms with Crippen LogP contribution in [0.25, 0.3) is 0 Å². The van der Waals surface area contributed by atoms with Crippen LogP contribution in [0.1, 0.15) is 58.3 Å². The van der Waals surface area contributed by atoms with Gasteiger partial charge in [0, 0.05) is 7.11 Å². The third-order valence-corrected chi connectivity index (χ3v) is 4.06. The molecule has 0 amide bonds. The Morgan fingerprint density at radius 2 is 2.19 bits per heavy atom. The molecule has 2 aliphatic carbocycles. The van der Waals surface area contributed by atoms with E-state index in [2.05, 4.69) is 13.0 Å². The third-order valence-electron chi connectivity index (χ3n) is 4.06. The summed E-state index contributed by atoms with van der Waals surface area (Å²) in [7, 11) is 1.85. The number of hydrogen-bond acceptors (Lipinski definition) is 1. The smallest absolute Gasteiger partial charge is 0.0611 e. The molecule has 2 aliphatic rings. The molecule has 0 aliphatic heterocycles. The highest BCUT2D eigenvalue weighted by Crippen LogP contribution is 2.36. The molecule has 0 N–H and O–H groups in total. The minimum atomic E-state index is 0.475. The normalized spacial score (nSPS) is 26.9. The molecule has 0 aromatic rings. The molecule has 0 saturated carbocycles. The van der Waals surface area contributed by atoms with Crippen LogP contribution in [0.3, 0.4) is 0 Å². The van der Waals surface area contributed by atoms with E-state index < -0.39 is 0 Å². The molecule has 0 saturated heterocycles. The highest BCUT2D eigenvalue weighted by atomic mass is 16.5. The first-order valence-electron chi connectivity index (χ1n) is 6.78. The van der Waals surface area contributed by atoms with Gasteiger partial charge < -0.3 is 4.74 Å². The first-order valence-corrected chi connectivity index (χ1v) is 6.78. The standard InChI is InChI=1S/C15H24O/c1-3-12-11-14(16-2)9-10-15(12)13-7-5-4-6-8-13/h7,14H,3-6,8-11H2,1-2H3. The summed E-state index contributed by atoms with van der Waals surface area (Å²) < 4.78 is 5.51. The van der Waals surface area contributed by atoms with Crippen molar-refractivity contribution in [3.05, 3.63) is 22.8 Å². The summed E-state index contributed by atoms with van der Waals surface area (Å²) in [6, 6.07) is 0. The van der Waals surface area contributed by atoms with Crippen LogP contribution in [-0.4, -0.2) is 13.2 Å². The molecule has 1 unspecified atom stereocenters. The van der Waals surface area contributed by atoms with E-state index in [0.717, 1.165) is 0 Å². The van der Waals surface area contributed by atoms with E-state index in [0.29, 0.717) is 6.10 Å². The lowest BCUT2D eigenvalue weighted by molar-refractivity contribution is 0.0906. The largest absolute Gasteiger partial charge is 0.381 e. The molecule has 0 aromatic heterocycles. The Morgan fingerprint density at radius 3 is 2.81 bits per heavy atom. The van der Waals surface area contributed by atoms with Crippen molar-refractivity contribution in [2.75, 3.05) is 7.11 Å². The lowest BCUT2D eigenvalue weighted by Gasteiger charge is -2.28. The maximum absolute atomic E-state index is 5.51. The van der Waals surface area contributed by atoms with E-state index in [1.54, 1.807) is 16.7 Å². The number of rotatable bonds is 3. The minimum Gasteiger partial charge on any atom is -0.381 e. The van der Waals surface area contributed by atoms with Gasteiger partial charge in [-0.25, -0.2) is 0 Å².